The van der Waals surface area contributed by atoms with Gasteiger partial charge in [0.15, 0.2) is 11.6 Å². The summed E-state index contributed by atoms with van der Waals surface area (Å²) in [5, 5.41) is 6.46. The predicted molar refractivity (Wildman–Crippen MR) is 69.9 cm³/mol. The summed E-state index contributed by atoms with van der Waals surface area (Å²) in [6, 6.07) is 1.76. The molecule has 21 heavy (non-hydrogen) atoms. The first-order valence-corrected chi connectivity index (χ1v) is 6.18. The second-order valence-electron chi connectivity index (χ2n) is 4.43. The predicted octanol–water partition coefficient (Wildman–Crippen LogP) is 1.38. The molecule has 8 heteroatoms. The van der Waals surface area contributed by atoms with Gasteiger partial charge < -0.3 is 10.1 Å². The number of amides is 1. The molecular formula is C13H14F2N4O2. The number of aromatic nitrogens is 3. The third-order valence-electron chi connectivity index (χ3n) is 2.81. The standard InChI is InChI=1S/C13H14F2N4O2/c1-8(5-19-7-16-6-17-19)18-13(20)11-10(21-2)4-3-9(14)12(11)15/h3-4,6-8H,5H2,1-2H3,(H,18,20)/t8-/m0/s1. The van der Waals surface area contributed by atoms with Crippen molar-refractivity contribution < 1.29 is 18.3 Å². The maximum absolute atomic E-state index is 13.8. The minimum absolute atomic E-state index is 0.0284. The van der Waals surface area contributed by atoms with E-state index in [9.17, 15) is 13.6 Å². The number of hydrogen-bond donors (Lipinski definition) is 1. The molecule has 0 bridgehead atoms. The number of carbonyl (C=O) groups is 1. The van der Waals surface area contributed by atoms with Gasteiger partial charge in [0.2, 0.25) is 0 Å². The van der Waals surface area contributed by atoms with E-state index in [0.29, 0.717) is 6.54 Å². The highest BCUT2D eigenvalue weighted by molar-refractivity contribution is 5.97. The smallest absolute Gasteiger partial charge is 0.258 e. The van der Waals surface area contributed by atoms with Gasteiger partial charge in [0.1, 0.15) is 24.0 Å². The van der Waals surface area contributed by atoms with Crippen LogP contribution in [-0.4, -0.2) is 33.8 Å². The van der Waals surface area contributed by atoms with Gasteiger partial charge in [0.25, 0.3) is 5.91 Å². The largest absolute Gasteiger partial charge is 0.496 e. The van der Waals surface area contributed by atoms with Crippen molar-refractivity contribution in [2.75, 3.05) is 7.11 Å². The maximum Gasteiger partial charge on any atom is 0.258 e. The molecule has 0 aliphatic heterocycles. The minimum atomic E-state index is -1.24. The van der Waals surface area contributed by atoms with Gasteiger partial charge in [-0.3, -0.25) is 9.48 Å². The monoisotopic (exact) mass is 296 g/mol. The summed E-state index contributed by atoms with van der Waals surface area (Å²) in [5.74, 6) is -3.12. The first kappa shape index (κ1) is 14.9. The second kappa shape index (κ2) is 6.29. The molecule has 1 atom stereocenters. The average Bonchev–Trinajstić information content (AvgIpc) is 2.94. The van der Waals surface area contributed by atoms with Gasteiger partial charge in [-0.05, 0) is 19.1 Å². The summed E-state index contributed by atoms with van der Waals surface area (Å²) in [4.78, 5) is 15.9. The van der Waals surface area contributed by atoms with E-state index in [-0.39, 0.29) is 11.8 Å². The molecule has 1 N–H and O–H groups in total. The number of halogens is 2. The molecule has 0 aliphatic carbocycles. The van der Waals surface area contributed by atoms with E-state index in [1.54, 1.807) is 6.92 Å². The van der Waals surface area contributed by atoms with E-state index in [0.717, 1.165) is 6.07 Å². The van der Waals surface area contributed by atoms with Crippen LogP contribution < -0.4 is 10.1 Å². The minimum Gasteiger partial charge on any atom is -0.496 e. The Bertz CT molecular complexity index is 631. The Morgan fingerprint density at radius 3 is 2.86 bits per heavy atom. The molecule has 0 unspecified atom stereocenters. The molecular weight excluding hydrogens is 282 g/mol. The van der Waals surface area contributed by atoms with Crippen molar-refractivity contribution in [3.05, 3.63) is 42.0 Å². The molecule has 1 aromatic heterocycles. The number of ether oxygens (including phenoxy) is 1. The summed E-state index contributed by atoms with van der Waals surface area (Å²) in [6.45, 7) is 2.06. The summed E-state index contributed by atoms with van der Waals surface area (Å²) in [5.41, 5.74) is -0.456. The van der Waals surface area contributed by atoms with Crippen LogP contribution in [0.5, 0.6) is 5.75 Å². The van der Waals surface area contributed by atoms with Gasteiger partial charge in [0.05, 0.1) is 13.7 Å². The zero-order valence-electron chi connectivity index (χ0n) is 11.5. The lowest BCUT2D eigenvalue weighted by Gasteiger charge is -2.15. The fraction of sp³-hybridized carbons (Fsp3) is 0.308. The van der Waals surface area contributed by atoms with Crippen LogP contribution in [0.15, 0.2) is 24.8 Å². The van der Waals surface area contributed by atoms with Crippen molar-refractivity contribution in [1.29, 1.82) is 0 Å². The van der Waals surface area contributed by atoms with E-state index < -0.39 is 23.1 Å². The Kier molecular flexibility index (Phi) is 4.46. The second-order valence-corrected chi connectivity index (χ2v) is 4.43. The van der Waals surface area contributed by atoms with Gasteiger partial charge in [-0.15, -0.1) is 0 Å². The third-order valence-corrected chi connectivity index (χ3v) is 2.81. The number of hydrogen-bond acceptors (Lipinski definition) is 4. The van der Waals surface area contributed by atoms with Gasteiger partial charge >= 0.3 is 0 Å². The SMILES string of the molecule is COc1ccc(F)c(F)c1C(=O)N[C@@H](C)Cn1cncn1. The molecule has 0 saturated heterocycles. The average molecular weight is 296 g/mol. The lowest BCUT2D eigenvalue weighted by Crippen LogP contribution is -2.36. The summed E-state index contributed by atoms with van der Waals surface area (Å²) in [6.07, 6.45) is 2.86. The van der Waals surface area contributed by atoms with E-state index >= 15 is 0 Å². The van der Waals surface area contributed by atoms with Crippen LogP contribution in [0.4, 0.5) is 8.78 Å². The number of nitrogens with zero attached hydrogens (tertiary/aromatic N) is 3. The topological polar surface area (TPSA) is 69.0 Å². The van der Waals surface area contributed by atoms with E-state index in [1.807, 2.05) is 0 Å². The quantitative estimate of drug-likeness (QED) is 0.905. The highest BCUT2D eigenvalue weighted by Crippen LogP contribution is 2.23. The third kappa shape index (κ3) is 3.33. The Labute approximate surface area is 119 Å². The van der Waals surface area contributed by atoms with Crippen molar-refractivity contribution in [2.45, 2.75) is 19.5 Å². The zero-order chi connectivity index (χ0) is 15.4. The zero-order valence-corrected chi connectivity index (χ0v) is 11.5. The summed E-state index contributed by atoms with van der Waals surface area (Å²) >= 11 is 0. The van der Waals surface area contributed by atoms with Gasteiger partial charge in [-0.1, -0.05) is 0 Å². The fourth-order valence-electron chi connectivity index (χ4n) is 1.86. The molecule has 2 rings (SSSR count). The molecule has 0 aliphatic rings. The molecule has 1 amide bonds. The molecule has 0 spiro atoms. The normalized spacial score (nSPS) is 12.0. The summed E-state index contributed by atoms with van der Waals surface area (Å²) in [7, 11) is 1.28. The van der Waals surface area contributed by atoms with Crippen LogP contribution in [0.3, 0.4) is 0 Å². The number of rotatable bonds is 5. The van der Waals surface area contributed by atoms with Crippen LogP contribution in [0, 0.1) is 11.6 Å². The van der Waals surface area contributed by atoms with E-state index in [1.165, 1.54) is 30.5 Å². The summed E-state index contributed by atoms with van der Waals surface area (Å²) < 4.78 is 33.5. The lowest BCUT2D eigenvalue weighted by atomic mass is 10.1. The number of nitrogens with one attached hydrogen (secondary N) is 1. The van der Waals surface area contributed by atoms with Crippen molar-refractivity contribution in [1.82, 2.24) is 20.1 Å². The molecule has 0 radical (unpaired) electrons. The molecule has 112 valence electrons. The van der Waals surface area contributed by atoms with Crippen molar-refractivity contribution in [2.24, 2.45) is 0 Å². The van der Waals surface area contributed by atoms with Crippen LogP contribution in [0.1, 0.15) is 17.3 Å². The Hall–Kier alpha value is -2.51. The first-order chi connectivity index (χ1) is 10.0. The van der Waals surface area contributed by atoms with Crippen LogP contribution >= 0.6 is 0 Å². The van der Waals surface area contributed by atoms with Crippen molar-refractivity contribution in [3.63, 3.8) is 0 Å². The highest BCUT2D eigenvalue weighted by atomic mass is 19.2. The van der Waals surface area contributed by atoms with E-state index in [4.69, 9.17) is 4.74 Å². The van der Waals surface area contributed by atoms with Gasteiger partial charge in [-0.25, -0.2) is 13.8 Å². The number of methoxy groups -OCH3 is 1. The van der Waals surface area contributed by atoms with Crippen LogP contribution in [0.25, 0.3) is 0 Å². The fourth-order valence-corrected chi connectivity index (χ4v) is 1.86. The van der Waals surface area contributed by atoms with Gasteiger partial charge in [-0.2, -0.15) is 5.10 Å². The van der Waals surface area contributed by atoms with Crippen molar-refractivity contribution >= 4 is 5.91 Å². The molecule has 0 saturated carbocycles. The number of carbonyl (C=O) groups excluding carboxylic acids is 1. The first-order valence-electron chi connectivity index (χ1n) is 6.18. The van der Waals surface area contributed by atoms with Crippen LogP contribution in [0.2, 0.25) is 0 Å². The Morgan fingerprint density at radius 2 is 2.24 bits per heavy atom. The molecule has 1 aromatic carbocycles. The number of benzene rings is 1. The van der Waals surface area contributed by atoms with Crippen molar-refractivity contribution in [3.8, 4) is 5.75 Å². The van der Waals surface area contributed by atoms with Gasteiger partial charge in [0, 0.05) is 6.04 Å². The van der Waals surface area contributed by atoms with Crippen LogP contribution in [-0.2, 0) is 6.54 Å². The molecule has 0 fully saturated rings. The molecule has 1 heterocycles. The molecule has 2 aromatic rings. The lowest BCUT2D eigenvalue weighted by molar-refractivity contribution is 0.0927. The maximum atomic E-state index is 13.8. The Morgan fingerprint density at radius 1 is 1.48 bits per heavy atom. The highest BCUT2D eigenvalue weighted by Gasteiger charge is 2.22. The molecule has 6 nitrogen and oxygen atoms in total. The van der Waals surface area contributed by atoms with E-state index in [2.05, 4.69) is 15.4 Å². The Balaban J connectivity index is 2.14.